The summed E-state index contributed by atoms with van der Waals surface area (Å²) in [6, 6.07) is 4.43. The summed E-state index contributed by atoms with van der Waals surface area (Å²) in [5, 5.41) is 8.96. The van der Waals surface area contributed by atoms with Gasteiger partial charge in [0.2, 0.25) is 0 Å². The molecule has 0 aliphatic carbocycles. The third kappa shape index (κ3) is 2.53. The average molecular weight is 167 g/mol. The van der Waals surface area contributed by atoms with Crippen LogP contribution in [-0.2, 0) is 11.4 Å². The molecule has 0 fully saturated rings. The minimum absolute atomic E-state index is 0.0726. The van der Waals surface area contributed by atoms with Crippen LogP contribution < -0.4 is 0 Å². The molecule has 5 nitrogen and oxygen atoms in total. The number of rotatable bonds is 3. The van der Waals surface area contributed by atoms with Gasteiger partial charge in [-0.1, -0.05) is 0 Å². The maximum atomic E-state index is 9.79. The van der Waals surface area contributed by atoms with Gasteiger partial charge in [-0.3, -0.25) is 4.98 Å². The zero-order chi connectivity index (χ0) is 8.97. The van der Waals surface area contributed by atoms with Crippen molar-refractivity contribution in [2.75, 3.05) is 0 Å². The van der Waals surface area contributed by atoms with Crippen molar-refractivity contribution in [2.24, 2.45) is 0 Å². The predicted octanol–water partition coefficient (Wildman–Crippen LogP) is 0.899. The number of nitrogens with zero attached hydrogens (tertiary/aromatic N) is 2. The van der Waals surface area contributed by atoms with E-state index in [-0.39, 0.29) is 6.61 Å². The van der Waals surface area contributed by atoms with Crippen molar-refractivity contribution in [3.63, 3.8) is 0 Å². The lowest BCUT2D eigenvalue weighted by Gasteiger charge is -1.97. The Hall–Kier alpha value is -1.65. The zero-order valence-electron chi connectivity index (χ0n) is 6.48. The first kappa shape index (κ1) is 8.45. The summed E-state index contributed by atoms with van der Waals surface area (Å²) in [5.74, 6) is 0. The number of hydrogen-bond donors (Lipinski definition) is 0. The lowest BCUT2D eigenvalue weighted by molar-refractivity contribution is -0.763. The maximum Gasteiger partial charge on any atom is 0.294 e. The highest BCUT2D eigenvalue weighted by Gasteiger charge is 1.97. The van der Waals surface area contributed by atoms with Crippen LogP contribution in [0.2, 0.25) is 0 Å². The molecule has 0 atom stereocenters. The first-order valence-electron chi connectivity index (χ1n) is 3.29. The van der Waals surface area contributed by atoms with E-state index in [1.54, 1.807) is 13.0 Å². The van der Waals surface area contributed by atoms with Crippen LogP contribution in [0.5, 0.6) is 0 Å². The molecule has 1 heterocycles. The molecule has 1 aromatic heterocycles. The van der Waals surface area contributed by atoms with Crippen LogP contribution in [0, 0.1) is 23.1 Å². The zero-order valence-corrected chi connectivity index (χ0v) is 6.48. The number of aryl methyl sites for hydroxylation is 1. The maximum absolute atomic E-state index is 9.79. The smallest absolute Gasteiger partial charge is 0.294 e. The van der Waals surface area contributed by atoms with Crippen molar-refractivity contribution >= 4 is 0 Å². The molecule has 0 spiro atoms. The van der Waals surface area contributed by atoms with E-state index in [0.29, 0.717) is 5.56 Å². The van der Waals surface area contributed by atoms with Gasteiger partial charge < -0.3 is 4.84 Å². The standard InChI is InChI=1S/C7H7N2O3/c1-6-2-3-7(4-8-6)5-12-9(10)11/h3-4H,5H2,1H3. The van der Waals surface area contributed by atoms with Crippen molar-refractivity contribution in [1.29, 1.82) is 0 Å². The molecular formula is C7H7N2O3. The van der Waals surface area contributed by atoms with Gasteiger partial charge in [0, 0.05) is 18.0 Å². The molecular weight excluding hydrogens is 160 g/mol. The summed E-state index contributed by atoms with van der Waals surface area (Å²) in [5.41, 5.74) is 1.39. The summed E-state index contributed by atoms with van der Waals surface area (Å²) in [7, 11) is 0. The summed E-state index contributed by atoms with van der Waals surface area (Å²) >= 11 is 0. The van der Waals surface area contributed by atoms with Gasteiger partial charge in [0.25, 0.3) is 5.09 Å². The molecule has 5 heteroatoms. The second-order valence-corrected chi connectivity index (χ2v) is 2.20. The van der Waals surface area contributed by atoms with Crippen molar-refractivity contribution in [2.45, 2.75) is 13.5 Å². The van der Waals surface area contributed by atoms with Crippen LogP contribution in [-0.4, -0.2) is 10.1 Å². The molecule has 0 aliphatic rings. The molecule has 12 heavy (non-hydrogen) atoms. The van der Waals surface area contributed by atoms with Gasteiger partial charge in [-0.15, -0.1) is 10.1 Å². The topological polar surface area (TPSA) is 65.3 Å². The Balaban J connectivity index is 2.53. The van der Waals surface area contributed by atoms with E-state index in [1.165, 1.54) is 6.20 Å². The highest BCUT2D eigenvalue weighted by atomic mass is 16.9. The lowest BCUT2D eigenvalue weighted by atomic mass is 10.3. The first-order chi connectivity index (χ1) is 5.68. The Kier molecular flexibility index (Phi) is 2.57. The molecule has 0 bridgehead atoms. The Labute approximate surface area is 69.1 Å². The van der Waals surface area contributed by atoms with Gasteiger partial charge in [-0.25, -0.2) is 0 Å². The van der Waals surface area contributed by atoms with E-state index in [2.05, 4.69) is 15.9 Å². The molecule has 1 aromatic rings. The van der Waals surface area contributed by atoms with Gasteiger partial charge in [-0.2, -0.15) is 0 Å². The Bertz CT molecular complexity index is 270. The van der Waals surface area contributed by atoms with E-state index in [4.69, 9.17) is 0 Å². The molecule has 63 valence electrons. The van der Waals surface area contributed by atoms with Crippen LogP contribution in [0.4, 0.5) is 0 Å². The minimum Gasteiger partial charge on any atom is -0.309 e. The fraction of sp³-hybridized carbons (Fsp3) is 0.286. The van der Waals surface area contributed by atoms with Gasteiger partial charge in [0.1, 0.15) is 6.61 Å². The monoisotopic (exact) mass is 167 g/mol. The summed E-state index contributed by atoms with van der Waals surface area (Å²) in [6.45, 7) is 1.72. The van der Waals surface area contributed by atoms with Gasteiger partial charge in [-0.05, 0) is 18.6 Å². The molecule has 1 rings (SSSR count). The van der Waals surface area contributed by atoms with E-state index < -0.39 is 5.09 Å². The second kappa shape index (κ2) is 3.66. The molecule has 0 aliphatic heterocycles. The fourth-order valence-corrected chi connectivity index (χ4v) is 0.658. The second-order valence-electron chi connectivity index (χ2n) is 2.20. The highest BCUT2D eigenvalue weighted by Crippen LogP contribution is 1.99. The number of aromatic nitrogens is 1. The quantitative estimate of drug-likeness (QED) is 0.495. The van der Waals surface area contributed by atoms with E-state index in [1.807, 2.05) is 0 Å². The number of hydrogen-bond acceptors (Lipinski definition) is 4. The Morgan fingerprint density at radius 3 is 3.08 bits per heavy atom. The molecule has 0 saturated heterocycles. The van der Waals surface area contributed by atoms with Gasteiger partial charge >= 0.3 is 0 Å². The van der Waals surface area contributed by atoms with Crippen LogP contribution in [0.3, 0.4) is 0 Å². The van der Waals surface area contributed by atoms with Crippen molar-refractivity contribution in [3.8, 4) is 0 Å². The third-order valence-electron chi connectivity index (χ3n) is 1.23. The van der Waals surface area contributed by atoms with Crippen molar-refractivity contribution in [1.82, 2.24) is 4.98 Å². The van der Waals surface area contributed by atoms with Gasteiger partial charge in [0.15, 0.2) is 0 Å². The SMILES string of the molecule is Cc1[c]cc(CO[N+](=O)[O-])cn1. The van der Waals surface area contributed by atoms with Crippen LogP contribution in [0.1, 0.15) is 11.3 Å². The summed E-state index contributed by atoms with van der Waals surface area (Å²) in [4.78, 5) is 17.8. The van der Waals surface area contributed by atoms with Crippen LogP contribution in [0.25, 0.3) is 0 Å². The van der Waals surface area contributed by atoms with Crippen LogP contribution >= 0.6 is 0 Å². The largest absolute Gasteiger partial charge is 0.309 e. The number of pyridine rings is 1. The Morgan fingerprint density at radius 2 is 2.58 bits per heavy atom. The van der Waals surface area contributed by atoms with Crippen LogP contribution in [0.15, 0.2) is 12.3 Å². The minimum atomic E-state index is -0.833. The molecule has 1 radical (unpaired) electrons. The highest BCUT2D eigenvalue weighted by molar-refractivity contribution is 5.10. The third-order valence-corrected chi connectivity index (χ3v) is 1.23. The van der Waals surface area contributed by atoms with E-state index in [9.17, 15) is 10.1 Å². The summed E-state index contributed by atoms with van der Waals surface area (Å²) in [6.07, 6.45) is 1.52. The normalized spacial score (nSPS) is 9.42. The van der Waals surface area contributed by atoms with Crippen molar-refractivity contribution < 1.29 is 9.92 Å². The molecule has 0 aromatic carbocycles. The first-order valence-corrected chi connectivity index (χ1v) is 3.29. The summed E-state index contributed by atoms with van der Waals surface area (Å²) < 4.78 is 0. The van der Waals surface area contributed by atoms with Gasteiger partial charge in [0.05, 0.1) is 0 Å². The molecule has 0 unspecified atom stereocenters. The Morgan fingerprint density at radius 1 is 1.83 bits per heavy atom. The average Bonchev–Trinajstić information content (AvgIpc) is 2.03. The molecule has 0 N–H and O–H groups in total. The lowest BCUT2D eigenvalue weighted by Crippen LogP contribution is -2.00. The van der Waals surface area contributed by atoms with E-state index >= 15 is 0 Å². The fourth-order valence-electron chi connectivity index (χ4n) is 0.658. The van der Waals surface area contributed by atoms with Crippen molar-refractivity contribution in [3.05, 3.63) is 39.7 Å². The predicted molar refractivity (Wildman–Crippen MR) is 39.6 cm³/mol. The molecule has 0 amide bonds. The molecule has 0 saturated carbocycles. The van der Waals surface area contributed by atoms with E-state index in [0.717, 1.165) is 5.69 Å².